The van der Waals surface area contributed by atoms with Crippen molar-refractivity contribution in [2.24, 2.45) is 0 Å². The van der Waals surface area contributed by atoms with Gasteiger partial charge >= 0.3 is 5.97 Å². The number of rotatable bonds is 4. The highest BCUT2D eigenvalue weighted by molar-refractivity contribution is 7.85. The zero-order valence-electron chi connectivity index (χ0n) is 10.4. The van der Waals surface area contributed by atoms with Gasteiger partial charge in [0.2, 0.25) is 5.91 Å². The lowest BCUT2D eigenvalue weighted by Crippen LogP contribution is -2.41. The first-order valence-corrected chi connectivity index (χ1v) is 7.58. The quantitative estimate of drug-likeness (QED) is 0.827. The van der Waals surface area contributed by atoms with E-state index in [2.05, 4.69) is 5.32 Å². The second-order valence-corrected chi connectivity index (χ2v) is 6.21. The van der Waals surface area contributed by atoms with E-state index < -0.39 is 16.8 Å². The maximum Gasteiger partial charge on any atom is 0.352 e. The van der Waals surface area contributed by atoms with Crippen molar-refractivity contribution in [1.29, 1.82) is 0 Å². The number of carboxylic acids is 1. The Morgan fingerprint density at radius 3 is 2.74 bits per heavy atom. The lowest BCUT2D eigenvalue weighted by molar-refractivity contribution is -0.122. The molecule has 1 aliphatic rings. The Balaban J connectivity index is 1.89. The fraction of sp³-hybridized carbons (Fsp3) is 0.500. The molecule has 1 aromatic heterocycles. The minimum atomic E-state index is -1.05. The third kappa shape index (κ3) is 3.66. The number of nitrogens with zero attached hydrogens (tertiary/aromatic N) is 1. The molecule has 2 heterocycles. The van der Waals surface area contributed by atoms with E-state index in [0.717, 1.165) is 12.8 Å². The standard InChI is InChI=1S/C12H16N2O4S/c15-11(13-9-3-6-19(18)7-4-9)8-14-5-1-2-10(14)12(16)17/h1-2,5,9H,3-4,6-8H2,(H,13,15)(H,16,17). The zero-order valence-corrected chi connectivity index (χ0v) is 11.2. The molecule has 0 saturated carbocycles. The van der Waals surface area contributed by atoms with E-state index in [0.29, 0.717) is 11.5 Å². The summed E-state index contributed by atoms with van der Waals surface area (Å²) in [6.07, 6.45) is 3.00. The number of hydrogen-bond donors (Lipinski definition) is 2. The predicted molar refractivity (Wildman–Crippen MR) is 70.4 cm³/mol. The summed E-state index contributed by atoms with van der Waals surface area (Å²) in [6.45, 7) is -0.00573. The average Bonchev–Trinajstić information content (AvgIpc) is 2.80. The molecule has 0 unspecified atom stereocenters. The van der Waals surface area contributed by atoms with Crippen LogP contribution in [0.1, 0.15) is 23.3 Å². The van der Waals surface area contributed by atoms with Crippen LogP contribution < -0.4 is 5.32 Å². The molecular weight excluding hydrogens is 268 g/mol. The first-order valence-electron chi connectivity index (χ1n) is 6.09. The molecule has 0 radical (unpaired) electrons. The second-order valence-electron chi connectivity index (χ2n) is 4.52. The molecule has 0 aromatic carbocycles. The molecule has 7 heteroatoms. The maximum absolute atomic E-state index is 11.8. The molecule has 2 rings (SSSR count). The molecule has 1 amide bonds. The third-order valence-corrected chi connectivity index (χ3v) is 4.50. The molecule has 104 valence electrons. The van der Waals surface area contributed by atoms with Crippen molar-refractivity contribution in [2.45, 2.75) is 25.4 Å². The number of nitrogens with one attached hydrogen (secondary N) is 1. The van der Waals surface area contributed by atoms with Crippen LogP contribution in [0.5, 0.6) is 0 Å². The number of carboxylic acid groups (broad SMARTS) is 1. The number of amides is 1. The smallest absolute Gasteiger partial charge is 0.352 e. The summed E-state index contributed by atoms with van der Waals surface area (Å²) in [6, 6.07) is 3.11. The summed E-state index contributed by atoms with van der Waals surface area (Å²) in [5, 5.41) is 11.8. The van der Waals surface area contributed by atoms with Gasteiger partial charge in [0.15, 0.2) is 0 Å². The van der Waals surface area contributed by atoms with Gasteiger partial charge in [-0.3, -0.25) is 9.00 Å². The van der Waals surface area contributed by atoms with Crippen LogP contribution in [0.3, 0.4) is 0 Å². The number of carbonyl (C=O) groups is 2. The van der Waals surface area contributed by atoms with Crippen LogP contribution in [0.4, 0.5) is 0 Å². The summed E-state index contributed by atoms with van der Waals surface area (Å²) in [7, 11) is -0.751. The fourth-order valence-corrected chi connectivity index (χ4v) is 3.41. The van der Waals surface area contributed by atoms with E-state index in [1.807, 2.05) is 0 Å². The average molecular weight is 284 g/mol. The molecule has 0 spiro atoms. The van der Waals surface area contributed by atoms with Gasteiger partial charge in [0.25, 0.3) is 0 Å². The molecule has 1 aromatic rings. The van der Waals surface area contributed by atoms with E-state index in [-0.39, 0.29) is 24.2 Å². The van der Waals surface area contributed by atoms with Gasteiger partial charge in [-0.05, 0) is 25.0 Å². The largest absolute Gasteiger partial charge is 0.477 e. The molecular formula is C12H16N2O4S. The van der Waals surface area contributed by atoms with Crippen molar-refractivity contribution in [3.05, 3.63) is 24.0 Å². The fourth-order valence-electron chi connectivity index (χ4n) is 2.11. The van der Waals surface area contributed by atoms with Crippen LogP contribution in [0.15, 0.2) is 18.3 Å². The van der Waals surface area contributed by atoms with E-state index >= 15 is 0 Å². The molecule has 19 heavy (non-hydrogen) atoms. The van der Waals surface area contributed by atoms with Crippen LogP contribution in [0.2, 0.25) is 0 Å². The summed E-state index contributed by atoms with van der Waals surface area (Å²) in [5.74, 6) is -0.0220. The van der Waals surface area contributed by atoms with Crippen molar-refractivity contribution in [3.8, 4) is 0 Å². The Kier molecular flexibility index (Phi) is 4.36. The predicted octanol–water partition coefficient (Wildman–Crippen LogP) is 0.214. The Labute approximate surface area is 113 Å². The van der Waals surface area contributed by atoms with Crippen molar-refractivity contribution in [2.75, 3.05) is 11.5 Å². The second kappa shape index (κ2) is 6.01. The van der Waals surface area contributed by atoms with Crippen molar-refractivity contribution in [1.82, 2.24) is 9.88 Å². The van der Waals surface area contributed by atoms with E-state index in [9.17, 15) is 13.8 Å². The van der Waals surface area contributed by atoms with Crippen LogP contribution in [0, 0.1) is 0 Å². The highest BCUT2D eigenvalue weighted by atomic mass is 32.2. The van der Waals surface area contributed by atoms with E-state index in [1.54, 1.807) is 12.3 Å². The molecule has 1 saturated heterocycles. The van der Waals surface area contributed by atoms with Gasteiger partial charge in [-0.1, -0.05) is 0 Å². The summed E-state index contributed by atoms with van der Waals surface area (Å²) >= 11 is 0. The van der Waals surface area contributed by atoms with Gasteiger partial charge < -0.3 is 15.0 Å². The third-order valence-electron chi connectivity index (χ3n) is 3.12. The molecule has 1 fully saturated rings. The first-order chi connectivity index (χ1) is 9.06. The highest BCUT2D eigenvalue weighted by Gasteiger charge is 2.20. The number of hydrogen-bond acceptors (Lipinski definition) is 3. The number of aromatic nitrogens is 1. The van der Waals surface area contributed by atoms with Crippen LogP contribution in [0.25, 0.3) is 0 Å². The van der Waals surface area contributed by atoms with E-state index in [1.165, 1.54) is 10.6 Å². The SMILES string of the molecule is O=C(Cn1cccc1C(=O)O)NC1CCS(=O)CC1. The molecule has 0 bridgehead atoms. The van der Waals surface area contributed by atoms with Gasteiger partial charge in [0.1, 0.15) is 12.2 Å². The maximum atomic E-state index is 11.8. The van der Waals surface area contributed by atoms with Gasteiger partial charge in [-0.15, -0.1) is 0 Å². The zero-order chi connectivity index (χ0) is 13.8. The minimum Gasteiger partial charge on any atom is -0.477 e. The number of carbonyl (C=O) groups excluding carboxylic acids is 1. The van der Waals surface area contributed by atoms with Crippen molar-refractivity contribution in [3.63, 3.8) is 0 Å². The lowest BCUT2D eigenvalue weighted by Gasteiger charge is -2.22. The monoisotopic (exact) mass is 284 g/mol. The molecule has 0 aliphatic carbocycles. The molecule has 1 aliphatic heterocycles. The Morgan fingerprint density at radius 1 is 1.42 bits per heavy atom. The summed E-state index contributed by atoms with van der Waals surface area (Å²) in [4.78, 5) is 22.7. The summed E-state index contributed by atoms with van der Waals surface area (Å²) < 4.78 is 12.6. The van der Waals surface area contributed by atoms with Crippen molar-refractivity contribution >= 4 is 22.7 Å². The van der Waals surface area contributed by atoms with E-state index in [4.69, 9.17) is 5.11 Å². The Morgan fingerprint density at radius 2 is 2.11 bits per heavy atom. The van der Waals surface area contributed by atoms with Gasteiger partial charge in [-0.2, -0.15) is 0 Å². The van der Waals surface area contributed by atoms with Crippen molar-refractivity contribution < 1.29 is 18.9 Å². The normalized spacial score (nSPS) is 22.9. The van der Waals surface area contributed by atoms with Crippen LogP contribution in [-0.2, 0) is 22.1 Å². The minimum absolute atomic E-state index is 0.00573. The van der Waals surface area contributed by atoms with Gasteiger partial charge in [-0.25, -0.2) is 4.79 Å². The topological polar surface area (TPSA) is 88.4 Å². The van der Waals surface area contributed by atoms with Crippen LogP contribution in [-0.4, -0.2) is 43.3 Å². The lowest BCUT2D eigenvalue weighted by atomic mass is 10.1. The Hall–Kier alpha value is -1.63. The molecule has 0 atom stereocenters. The first kappa shape index (κ1) is 13.8. The molecule has 2 N–H and O–H groups in total. The van der Waals surface area contributed by atoms with Gasteiger partial charge in [0.05, 0.1) is 0 Å². The van der Waals surface area contributed by atoms with Gasteiger partial charge in [0, 0.05) is 34.5 Å². The Bertz CT molecular complexity index is 502. The van der Waals surface area contributed by atoms with Crippen LogP contribution >= 0.6 is 0 Å². The molecule has 6 nitrogen and oxygen atoms in total. The highest BCUT2D eigenvalue weighted by Crippen LogP contribution is 2.09. The summed E-state index contributed by atoms with van der Waals surface area (Å²) in [5.41, 5.74) is 0.0971. The number of aromatic carboxylic acids is 1.